The highest BCUT2D eigenvalue weighted by Gasteiger charge is 2.28. The van der Waals surface area contributed by atoms with E-state index < -0.39 is 15.9 Å². The third-order valence-corrected chi connectivity index (χ3v) is 6.37. The Balaban J connectivity index is 1.73. The summed E-state index contributed by atoms with van der Waals surface area (Å²) in [5, 5.41) is 2.69. The van der Waals surface area contributed by atoms with Crippen LogP contribution in [0.3, 0.4) is 0 Å². The van der Waals surface area contributed by atoms with Crippen molar-refractivity contribution in [3.05, 3.63) is 53.6 Å². The van der Waals surface area contributed by atoms with Crippen molar-refractivity contribution in [2.75, 3.05) is 13.1 Å². The molecule has 8 heteroatoms. The molecule has 1 aromatic heterocycles. The van der Waals surface area contributed by atoms with Crippen molar-refractivity contribution in [2.45, 2.75) is 30.7 Å². The summed E-state index contributed by atoms with van der Waals surface area (Å²) in [7, 11) is -1.96. The first-order chi connectivity index (χ1) is 12.4. The second-order valence-electron chi connectivity index (χ2n) is 6.45. The molecule has 1 aromatic carbocycles. The first-order valence-electron chi connectivity index (χ1n) is 8.57. The molecule has 2 heterocycles. The molecule has 0 saturated carbocycles. The number of aromatic nitrogens is 1. The van der Waals surface area contributed by atoms with Gasteiger partial charge in [0, 0.05) is 32.9 Å². The van der Waals surface area contributed by atoms with Crippen molar-refractivity contribution in [3.8, 4) is 0 Å². The van der Waals surface area contributed by atoms with Crippen molar-refractivity contribution in [1.29, 1.82) is 0 Å². The van der Waals surface area contributed by atoms with Crippen LogP contribution in [0.4, 0.5) is 4.39 Å². The molecule has 2 aromatic rings. The number of nitrogens with one attached hydrogen (secondary N) is 1. The molecule has 0 bridgehead atoms. The Morgan fingerprint density at radius 3 is 2.62 bits per heavy atom. The predicted molar refractivity (Wildman–Crippen MR) is 95.6 cm³/mol. The molecular weight excluding hydrogens is 357 g/mol. The van der Waals surface area contributed by atoms with E-state index in [1.165, 1.54) is 33.3 Å². The first-order valence-corrected chi connectivity index (χ1v) is 10.0. The third-order valence-electron chi connectivity index (χ3n) is 4.51. The van der Waals surface area contributed by atoms with Crippen LogP contribution in [-0.2, 0) is 23.6 Å². The standard InChI is InChI=1S/C18H22FN3O3S/c1-21-13-16(26(24,25)22-8-3-2-4-9-22)11-17(21)18(23)20-12-14-6-5-7-15(19)10-14/h5-7,10-11,13H,2-4,8-9,12H2,1H3,(H,20,23). The minimum atomic E-state index is -3.59. The van der Waals surface area contributed by atoms with E-state index in [1.807, 2.05) is 0 Å². The van der Waals surface area contributed by atoms with Gasteiger partial charge in [-0.2, -0.15) is 4.31 Å². The Morgan fingerprint density at radius 1 is 1.19 bits per heavy atom. The second kappa shape index (κ2) is 7.59. The lowest BCUT2D eigenvalue weighted by atomic mass is 10.2. The fraction of sp³-hybridized carbons (Fsp3) is 0.389. The number of aryl methyl sites for hydroxylation is 1. The van der Waals surface area contributed by atoms with Crippen LogP contribution in [0, 0.1) is 5.82 Å². The van der Waals surface area contributed by atoms with Crippen molar-refractivity contribution in [1.82, 2.24) is 14.2 Å². The molecule has 1 fully saturated rings. The van der Waals surface area contributed by atoms with Gasteiger partial charge in [-0.3, -0.25) is 4.79 Å². The molecule has 0 radical (unpaired) electrons. The summed E-state index contributed by atoms with van der Waals surface area (Å²) < 4.78 is 41.6. The maximum atomic E-state index is 13.2. The third kappa shape index (κ3) is 3.96. The summed E-state index contributed by atoms with van der Waals surface area (Å²) in [6.07, 6.45) is 4.20. The normalized spacial score (nSPS) is 15.8. The van der Waals surface area contributed by atoms with Crippen LogP contribution in [-0.4, -0.2) is 36.3 Å². The smallest absolute Gasteiger partial charge is 0.268 e. The Labute approximate surface area is 152 Å². The Hall–Kier alpha value is -2.19. The number of carbonyl (C=O) groups excluding carboxylic acids is 1. The van der Waals surface area contributed by atoms with Gasteiger partial charge in [0.25, 0.3) is 5.91 Å². The summed E-state index contributed by atoms with van der Waals surface area (Å²) in [6, 6.07) is 7.35. The molecule has 0 aliphatic carbocycles. The van der Waals surface area contributed by atoms with E-state index in [4.69, 9.17) is 0 Å². The number of amides is 1. The van der Waals surface area contributed by atoms with Crippen molar-refractivity contribution >= 4 is 15.9 Å². The van der Waals surface area contributed by atoms with Gasteiger partial charge in [-0.25, -0.2) is 12.8 Å². The Morgan fingerprint density at radius 2 is 1.92 bits per heavy atom. The molecule has 1 saturated heterocycles. The largest absolute Gasteiger partial charge is 0.347 e. The number of halogens is 1. The molecule has 1 aliphatic rings. The maximum Gasteiger partial charge on any atom is 0.268 e. The van der Waals surface area contributed by atoms with Crippen molar-refractivity contribution < 1.29 is 17.6 Å². The topological polar surface area (TPSA) is 71.4 Å². The summed E-state index contributed by atoms with van der Waals surface area (Å²) in [5.74, 6) is -0.776. The van der Waals surface area contributed by atoms with Gasteiger partial charge < -0.3 is 9.88 Å². The van der Waals surface area contributed by atoms with Gasteiger partial charge in [-0.1, -0.05) is 18.6 Å². The van der Waals surface area contributed by atoms with Crippen LogP contribution in [0.1, 0.15) is 35.3 Å². The van der Waals surface area contributed by atoms with Gasteiger partial charge in [0.2, 0.25) is 10.0 Å². The second-order valence-corrected chi connectivity index (χ2v) is 8.39. The molecular formula is C18H22FN3O3S. The summed E-state index contributed by atoms with van der Waals surface area (Å²) in [6.45, 7) is 1.19. The van der Waals surface area contributed by atoms with E-state index in [0.29, 0.717) is 18.7 Å². The van der Waals surface area contributed by atoms with E-state index in [9.17, 15) is 17.6 Å². The average Bonchev–Trinajstić information content (AvgIpc) is 3.03. The molecule has 0 unspecified atom stereocenters. The van der Waals surface area contributed by atoms with E-state index in [2.05, 4.69) is 5.32 Å². The van der Waals surface area contributed by atoms with Crippen LogP contribution in [0.25, 0.3) is 0 Å². The minimum absolute atomic E-state index is 0.123. The van der Waals surface area contributed by atoms with E-state index in [-0.39, 0.29) is 23.0 Å². The van der Waals surface area contributed by atoms with Gasteiger partial charge in [-0.05, 0) is 36.6 Å². The molecule has 26 heavy (non-hydrogen) atoms. The fourth-order valence-corrected chi connectivity index (χ4v) is 4.66. The molecule has 3 rings (SSSR count). The molecule has 1 aliphatic heterocycles. The number of carbonyl (C=O) groups is 1. The minimum Gasteiger partial charge on any atom is -0.347 e. The lowest BCUT2D eigenvalue weighted by molar-refractivity contribution is 0.0942. The molecule has 6 nitrogen and oxygen atoms in total. The molecule has 1 N–H and O–H groups in total. The van der Waals surface area contributed by atoms with Gasteiger partial charge in [0.1, 0.15) is 16.4 Å². The summed E-state index contributed by atoms with van der Waals surface area (Å²) in [5.41, 5.74) is 0.880. The average molecular weight is 379 g/mol. The van der Waals surface area contributed by atoms with Crippen LogP contribution in [0.15, 0.2) is 41.4 Å². The zero-order valence-electron chi connectivity index (χ0n) is 14.6. The van der Waals surface area contributed by atoms with E-state index in [1.54, 1.807) is 19.2 Å². The Bertz CT molecular complexity index is 902. The number of sulfonamides is 1. The van der Waals surface area contributed by atoms with Crippen LogP contribution < -0.4 is 5.32 Å². The number of piperidine rings is 1. The van der Waals surface area contributed by atoms with E-state index >= 15 is 0 Å². The van der Waals surface area contributed by atoms with Crippen LogP contribution in [0.2, 0.25) is 0 Å². The predicted octanol–water partition coefficient (Wildman–Crippen LogP) is 2.27. The van der Waals surface area contributed by atoms with Crippen molar-refractivity contribution in [2.24, 2.45) is 7.05 Å². The number of hydrogen-bond acceptors (Lipinski definition) is 3. The van der Waals surface area contributed by atoms with Gasteiger partial charge in [-0.15, -0.1) is 0 Å². The number of nitrogens with zero attached hydrogens (tertiary/aromatic N) is 2. The van der Waals surface area contributed by atoms with E-state index in [0.717, 1.165) is 19.3 Å². The highest BCUT2D eigenvalue weighted by molar-refractivity contribution is 7.89. The zero-order chi connectivity index (χ0) is 18.7. The van der Waals surface area contributed by atoms with Gasteiger partial charge in [0.15, 0.2) is 0 Å². The number of rotatable bonds is 5. The lowest BCUT2D eigenvalue weighted by Gasteiger charge is -2.25. The molecule has 140 valence electrons. The Kier molecular flexibility index (Phi) is 5.43. The molecule has 0 spiro atoms. The number of benzene rings is 1. The van der Waals surface area contributed by atoms with Gasteiger partial charge in [0.05, 0.1) is 0 Å². The zero-order valence-corrected chi connectivity index (χ0v) is 15.4. The van der Waals surface area contributed by atoms with Gasteiger partial charge >= 0.3 is 0 Å². The first kappa shape index (κ1) is 18.6. The number of hydrogen-bond donors (Lipinski definition) is 1. The molecule has 1 amide bonds. The van der Waals surface area contributed by atoms with Crippen molar-refractivity contribution in [3.63, 3.8) is 0 Å². The van der Waals surface area contributed by atoms with Crippen LogP contribution in [0.5, 0.6) is 0 Å². The fourth-order valence-electron chi connectivity index (χ4n) is 3.08. The summed E-state index contributed by atoms with van der Waals surface area (Å²) in [4.78, 5) is 12.5. The highest BCUT2D eigenvalue weighted by Crippen LogP contribution is 2.22. The van der Waals surface area contributed by atoms with Crippen LogP contribution >= 0.6 is 0 Å². The molecule has 0 atom stereocenters. The SMILES string of the molecule is Cn1cc(S(=O)(=O)N2CCCCC2)cc1C(=O)NCc1cccc(F)c1. The monoisotopic (exact) mass is 379 g/mol. The highest BCUT2D eigenvalue weighted by atomic mass is 32.2. The summed E-state index contributed by atoms with van der Waals surface area (Å²) >= 11 is 0. The maximum absolute atomic E-state index is 13.2. The quantitative estimate of drug-likeness (QED) is 0.866. The lowest BCUT2D eigenvalue weighted by Crippen LogP contribution is -2.35.